The van der Waals surface area contributed by atoms with Crippen LogP contribution in [0.1, 0.15) is 37.4 Å². The maximum Gasteiger partial charge on any atom is 0.414 e. The number of amides is 2. The molecule has 0 bridgehead atoms. The van der Waals surface area contributed by atoms with Gasteiger partial charge in [0.05, 0.1) is 24.5 Å². The van der Waals surface area contributed by atoms with E-state index in [2.05, 4.69) is 15.5 Å². The highest BCUT2D eigenvalue weighted by Gasteiger charge is 2.33. The van der Waals surface area contributed by atoms with Gasteiger partial charge in [-0.15, -0.1) is 0 Å². The summed E-state index contributed by atoms with van der Waals surface area (Å²) >= 11 is 0. The third-order valence-corrected chi connectivity index (χ3v) is 5.44. The molecule has 0 spiro atoms. The van der Waals surface area contributed by atoms with E-state index in [1.165, 1.54) is 17.9 Å². The molecule has 1 N–H and O–H groups in total. The van der Waals surface area contributed by atoms with Gasteiger partial charge in [-0.05, 0) is 31.0 Å². The van der Waals surface area contributed by atoms with E-state index in [0.29, 0.717) is 36.2 Å². The van der Waals surface area contributed by atoms with Crippen LogP contribution in [-0.2, 0) is 9.53 Å². The van der Waals surface area contributed by atoms with Gasteiger partial charge >= 0.3 is 6.09 Å². The van der Waals surface area contributed by atoms with Crippen LogP contribution in [0.15, 0.2) is 22.7 Å². The molecule has 4 rings (SSSR count). The van der Waals surface area contributed by atoms with E-state index in [9.17, 15) is 14.0 Å². The number of aryl methyl sites for hydroxylation is 1. The minimum absolute atomic E-state index is 0.196. The number of hydrogen-bond donors (Lipinski definition) is 1. The fraction of sp³-hybridized carbons (Fsp3) is 0.500. The molecular formula is C20H24FN5O4. The van der Waals surface area contributed by atoms with Crippen molar-refractivity contribution in [3.05, 3.63) is 35.7 Å². The standard InChI is InChI=1S/C20H24FN5O4/c1-12(27)22-10-16-11-26(20(28)29-16)15-3-4-18(17(21)9-15)25-7-5-14(6-8-25)19-23-13(2)30-24-19/h3-4,9,14,16H,5-8,10-11H2,1-2H3,(H,22,27). The summed E-state index contributed by atoms with van der Waals surface area (Å²) < 4.78 is 25.2. The molecule has 2 fully saturated rings. The zero-order valence-corrected chi connectivity index (χ0v) is 16.9. The van der Waals surface area contributed by atoms with Crippen molar-refractivity contribution >= 4 is 23.4 Å². The Hall–Kier alpha value is -3.17. The second-order valence-corrected chi connectivity index (χ2v) is 7.62. The van der Waals surface area contributed by atoms with Gasteiger partial charge in [0.1, 0.15) is 11.9 Å². The maximum atomic E-state index is 14.9. The quantitative estimate of drug-likeness (QED) is 0.797. The van der Waals surface area contributed by atoms with E-state index in [0.717, 1.165) is 12.8 Å². The van der Waals surface area contributed by atoms with Crippen LogP contribution in [0.4, 0.5) is 20.6 Å². The van der Waals surface area contributed by atoms with Crippen molar-refractivity contribution < 1.29 is 23.2 Å². The molecule has 2 aliphatic heterocycles. The molecule has 10 heteroatoms. The van der Waals surface area contributed by atoms with E-state index < -0.39 is 12.2 Å². The highest BCUT2D eigenvalue weighted by Crippen LogP contribution is 2.32. The van der Waals surface area contributed by atoms with Gasteiger partial charge in [-0.25, -0.2) is 9.18 Å². The molecule has 2 aromatic rings. The largest absolute Gasteiger partial charge is 0.442 e. The van der Waals surface area contributed by atoms with Crippen LogP contribution >= 0.6 is 0 Å². The molecule has 9 nitrogen and oxygen atoms in total. The summed E-state index contributed by atoms with van der Waals surface area (Å²) in [6.07, 6.45) is 0.609. The predicted octanol–water partition coefficient (Wildman–Crippen LogP) is 2.36. The van der Waals surface area contributed by atoms with E-state index in [1.807, 2.05) is 4.90 Å². The minimum atomic E-state index is -0.547. The Kier molecular flexibility index (Phi) is 5.56. The number of halogens is 1. The van der Waals surface area contributed by atoms with Crippen LogP contribution in [0.5, 0.6) is 0 Å². The number of aromatic nitrogens is 2. The smallest absolute Gasteiger partial charge is 0.414 e. The highest BCUT2D eigenvalue weighted by molar-refractivity contribution is 5.90. The zero-order valence-electron chi connectivity index (χ0n) is 16.9. The lowest BCUT2D eigenvalue weighted by Gasteiger charge is -2.32. The van der Waals surface area contributed by atoms with Crippen LogP contribution in [0.2, 0.25) is 0 Å². The Bertz CT molecular complexity index is 941. The van der Waals surface area contributed by atoms with Crippen LogP contribution in [0.3, 0.4) is 0 Å². The topological polar surface area (TPSA) is 101 Å². The summed E-state index contributed by atoms with van der Waals surface area (Å²) in [7, 11) is 0. The Morgan fingerprint density at radius 3 is 2.73 bits per heavy atom. The lowest BCUT2D eigenvalue weighted by Crippen LogP contribution is -2.34. The van der Waals surface area contributed by atoms with E-state index >= 15 is 0 Å². The first-order chi connectivity index (χ1) is 14.4. The fourth-order valence-electron chi connectivity index (χ4n) is 3.88. The van der Waals surface area contributed by atoms with E-state index in [1.54, 1.807) is 19.1 Å². The van der Waals surface area contributed by atoms with Gasteiger partial charge in [-0.1, -0.05) is 5.16 Å². The van der Waals surface area contributed by atoms with Crippen molar-refractivity contribution in [1.82, 2.24) is 15.5 Å². The van der Waals surface area contributed by atoms with Gasteiger partial charge in [0, 0.05) is 32.9 Å². The molecule has 1 atom stereocenters. The minimum Gasteiger partial charge on any atom is -0.442 e. The molecule has 1 aromatic carbocycles. The number of rotatable bonds is 5. The second-order valence-electron chi connectivity index (χ2n) is 7.62. The number of hydrogen-bond acceptors (Lipinski definition) is 7. The number of anilines is 2. The molecule has 0 radical (unpaired) electrons. The number of carbonyl (C=O) groups excluding carboxylic acids is 2. The van der Waals surface area contributed by atoms with Crippen LogP contribution in [0.25, 0.3) is 0 Å². The Morgan fingerprint density at radius 1 is 1.33 bits per heavy atom. The summed E-state index contributed by atoms with van der Waals surface area (Å²) in [5.41, 5.74) is 0.938. The lowest BCUT2D eigenvalue weighted by molar-refractivity contribution is -0.119. The monoisotopic (exact) mass is 417 g/mol. The van der Waals surface area contributed by atoms with Crippen molar-refractivity contribution in [2.75, 3.05) is 36.0 Å². The van der Waals surface area contributed by atoms with E-state index in [-0.39, 0.29) is 30.7 Å². The third kappa shape index (κ3) is 4.22. The average molecular weight is 417 g/mol. The molecular weight excluding hydrogens is 393 g/mol. The van der Waals surface area contributed by atoms with Crippen molar-refractivity contribution in [1.29, 1.82) is 0 Å². The molecule has 3 heterocycles. The summed E-state index contributed by atoms with van der Waals surface area (Å²) in [6.45, 7) is 5.01. The van der Waals surface area contributed by atoms with Crippen LogP contribution in [0, 0.1) is 12.7 Å². The van der Waals surface area contributed by atoms with Gasteiger partial charge in [0.15, 0.2) is 5.82 Å². The normalized spacial score (nSPS) is 19.8. The SMILES string of the molecule is CC(=O)NCC1CN(c2ccc(N3CCC(c4noc(C)n4)CC3)c(F)c2)C(=O)O1. The summed E-state index contributed by atoms with van der Waals surface area (Å²) in [5.74, 6) is 0.886. The van der Waals surface area contributed by atoms with Crippen LogP contribution in [-0.4, -0.2) is 54.4 Å². The number of benzene rings is 1. The van der Waals surface area contributed by atoms with Crippen molar-refractivity contribution in [3.8, 4) is 0 Å². The van der Waals surface area contributed by atoms with Gasteiger partial charge in [-0.2, -0.15) is 4.98 Å². The Morgan fingerprint density at radius 2 is 2.10 bits per heavy atom. The number of cyclic esters (lactones) is 1. The van der Waals surface area contributed by atoms with Gasteiger partial charge in [0.2, 0.25) is 11.8 Å². The Balaban J connectivity index is 1.39. The number of carbonyl (C=O) groups is 2. The maximum absolute atomic E-state index is 14.9. The highest BCUT2D eigenvalue weighted by atomic mass is 19.1. The lowest BCUT2D eigenvalue weighted by atomic mass is 9.95. The molecule has 30 heavy (non-hydrogen) atoms. The number of ether oxygens (including phenoxy) is 1. The first-order valence-corrected chi connectivity index (χ1v) is 9.98. The van der Waals surface area contributed by atoms with Gasteiger partial charge in [-0.3, -0.25) is 9.69 Å². The molecule has 2 amide bonds. The molecule has 2 aliphatic rings. The predicted molar refractivity (Wildman–Crippen MR) is 106 cm³/mol. The fourth-order valence-corrected chi connectivity index (χ4v) is 3.88. The van der Waals surface area contributed by atoms with Gasteiger partial charge < -0.3 is 19.5 Å². The second kappa shape index (κ2) is 8.29. The van der Waals surface area contributed by atoms with Crippen molar-refractivity contribution in [2.24, 2.45) is 0 Å². The first-order valence-electron chi connectivity index (χ1n) is 9.98. The summed E-state index contributed by atoms with van der Waals surface area (Å²) in [6, 6.07) is 4.76. The molecule has 160 valence electrons. The number of piperidine rings is 1. The Labute approximate surface area is 173 Å². The average Bonchev–Trinajstić information content (AvgIpc) is 3.32. The number of nitrogens with one attached hydrogen (secondary N) is 1. The van der Waals surface area contributed by atoms with E-state index in [4.69, 9.17) is 9.26 Å². The van der Waals surface area contributed by atoms with Crippen molar-refractivity contribution in [2.45, 2.75) is 38.7 Å². The van der Waals surface area contributed by atoms with Crippen LogP contribution < -0.4 is 15.1 Å². The summed E-state index contributed by atoms with van der Waals surface area (Å²) in [5, 5.41) is 6.62. The number of nitrogens with zero attached hydrogens (tertiary/aromatic N) is 4. The zero-order chi connectivity index (χ0) is 21.3. The van der Waals surface area contributed by atoms with Gasteiger partial charge in [0.25, 0.3) is 0 Å². The van der Waals surface area contributed by atoms with Crippen molar-refractivity contribution in [3.63, 3.8) is 0 Å². The first kappa shape index (κ1) is 20.1. The third-order valence-electron chi connectivity index (χ3n) is 5.44. The summed E-state index contributed by atoms with van der Waals surface area (Å²) in [4.78, 5) is 30.8. The molecule has 0 aliphatic carbocycles. The molecule has 1 unspecified atom stereocenters. The molecule has 2 saturated heterocycles. The molecule has 0 saturated carbocycles. The molecule has 1 aromatic heterocycles.